The molecule has 0 atom stereocenters. The summed E-state index contributed by atoms with van der Waals surface area (Å²) in [5.41, 5.74) is 1.51. The number of hydrogen-bond donors (Lipinski definition) is 1. The summed E-state index contributed by atoms with van der Waals surface area (Å²) in [4.78, 5) is 8.74. The Hall–Kier alpha value is -2.63. The van der Waals surface area contributed by atoms with Gasteiger partial charge in [-0.1, -0.05) is 18.2 Å². The third-order valence-corrected chi connectivity index (χ3v) is 4.36. The zero-order valence-electron chi connectivity index (χ0n) is 14.3. The van der Waals surface area contributed by atoms with E-state index in [1.807, 2.05) is 18.2 Å². The molecule has 25 heavy (non-hydrogen) atoms. The molecule has 3 rings (SSSR count). The van der Waals surface area contributed by atoms with Crippen LogP contribution in [0, 0.1) is 11.6 Å². The van der Waals surface area contributed by atoms with Gasteiger partial charge in [0.15, 0.2) is 5.96 Å². The third kappa shape index (κ3) is 4.26. The Morgan fingerprint density at radius 2 is 1.76 bits per heavy atom. The molecule has 0 spiro atoms. The highest BCUT2D eigenvalue weighted by Gasteiger charge is 2.19. The Kier molecular flexibility index (Phi) is 5.48. The summed E-state index contributed by atoms with van der Waals surface area (Å²) in [5.74, 6) is -0.153. The minimum absolute atomic E-state index is 0.204. The quantitative estimate of drug-likeness (QED) is 0.686. The second-order valence-electron chi connectivity index (χ2n) is 5.95. The van der Waals surface area contributed by atoms with Gasteiger partial charge in [-0.2, -0.15) is 0 Å². The number of para-hydroxylation sites is 1. The highest BCUT2D eigenvalue weighted by Crippen LogP contribution is 2.16. The molecular weight excluding hydrogens is 322 g/mol. The SMILES string of the molecule is CN=C(NCc1cc(F)ccc1F)N1CCN(c2ccccc2)CC1. The first-order chi connectivity index (χ1) is 12.2. The zero-order valence-corrected chi connectivity index (χ0v) is 14.3. The van der Waals surface area contributed by atoms with E-state index in [1.54, 1.807) is 7.05 Å². The number of halogens is 2. The highest BCUT2D eigenvalue weighted by atomic mass is 19.1. The van der Waals surface area contributed by atoms with Crippen molar-refractivity contribution < 1.29 is 8.78 Å². The van der Waals surface area contributed by atoms with Crippen molar-refractivity contribution in [1.29, 1.82) is 0 Å². The fourth-order valence-corrected chi connectivity index (χ4v) is 3.00. The summed E-state index contributed by atoms with van der Waals surface area (Å²) in [5, 5.41) is 3.13. The Bertz CT molecular complexity index is 725. The average molecular weight is 344 g/mol. The van der Waals surface area contributed by atoms with Crippen LogP contribution in [0.15, 0.2) is 53.5 Å². The lowest BCUT2D eigenvalue weighted by molar-refractivity contribution is 0.372. The first kappa shape index (κ1) is 17.2. The molecule has 1 aliphatic heterocycles. The molecule has 0 bridgehead atoms. The van der Waals surface area contributed by atoms with E-state index in [-0.39, 0.29) is 6.54 Å². The minimum Gasteiger partial charge on any atom is -0.368 e. The lowest BCUT2D eigenvalue weighted by atomic mass is 10.2. The summed E-state index contributed by atoms with van der Waals surface area (Å²) in [6.07, 6.45) is 0. The molecule has 0 aromatic heterocycles. The fourth-order valence-electron chi connectivity index (χ4n) is 3.00. The molecule has 0 saturated carbocycles. The van der Waals surface area contributed by atoms with Crippen LogP contribution in [-0.2, 0) is 6.54 Å². The smallest absolute Gasteiger partial charge is 0.194 e. The Morgan fingerprint density at radius 1 is 1.04 bits per heavy atom. The molecule has 132 valence electrons. The van der Waals surface area contributed by atoms with Crippen molar-refractivity contribution >= 4 is 11.6 Å². The largest absolute Gasteiger partial charge is 0.368 e. The first-order valence-corrected chi connectivity index (χ1v) is 8.37. The molecule has 0 unspecified atom stereocenters. The van der Waals surface area contributed by atoms with E-state index in [0.29, 0.717) is 11.5 Å². The van der Waals surface area contributed by atoms with Crippen LogP contribution in [0.1, 0.15) is 5.56 Å². The van der Waals surface area contributed by atoms with Crippen LogP contribution in [0.25, 0.3) is 0 Å². The highest BCUT2D eigenvalue weighted by molar-refractivity contribution is 5.80. The number of nitrogens with zero attached hydrogens (tertiary/aromatic N) is 3. The summed E-state index contributed by atoms with van der Waals surface area (Å²) in [6.45, 7) is 3.62. The van der Waals surface area contributed by atoms with Gasteiger partial charge in [-0.3, -0.25) is 4.99 Å². The molecule has 4 nitrogen and oxygen atoms in total. The normalized spacial score (nSPS) is 15.4. The first-order valence-electron chi connectivity index (χ1n) is 8.37. The molecule has 0 radical (unpaired) electrons. The number of aliphatic imine (C=N–C) groups is 1. The summed E-state index contributed by atoms with van der Waals surface area (Å²) in [7, 11) is 1.70. The Balaban J connectivity index is 1.57. The van der Waals surface area contributed by atoms with Crippen molar-refractivity contribution in [3.63, 3.8) is 0 Å². The monoisotopic (exact) mass is 344 g/mol. The van der Waals surface area contributed by atoms with Gasteiger partial charge in [0.2, 0.25) is 0 Å². The van der Waals surface area contributed by atoms with E-state index in [2.05, 4.69) is 32.2 Å². The van der Waals surface area contributed by atoms with E-state index in [1.165, 1.54) is 11.8 Å². The van der Waals surface area contributed by atoms with Crippen LogP contribution < -0.4 is 10.2 Å². The minimum atomic E-state index is -0.440. The van der Waals surface area contributed by atoms with Gasteiger partial charge in [0.25, 0.3) is 0 Å². The summed E-state index contributed by atoms with van der Waals surface area (Å²) >= 11 is 0. The van der Waals surface area contributed by atoms with Crippen molar-refractivity contribution in [2.24, 2.45) is 4.99 Å². The van der Waals surface area contributed by atoms with E-state index >= 15 is 0 Å². The zero-order chi connectivity index (χ0) is 17.6. The molecule has 1 N–H and O–H groups in total. The summed E-state index contributed by atoms with van der Waals surface area (Å²) < 4.78 is 27.0. The molecule has 0 amide bonds. The maximum atomic E-state index is 13.7. The number of hydrogen-bond acceptors (Lipinski definition) is 2. The van der Waals surface area contributed by atoms with Gasteiger partial charge < -0.3 is 15.1 Å². The van der Waals surface area contributed by atoms with Gasteiger partial charge in [-0.25, -0.2) is 8.78 Å². The third-order valence-electron chi connectivity index (χ3n) is 4.36. The van der Waals surface area contributed by atoms with Gasteiger partial charge in [-0.15, -0.1) is 0 Å². The lowest BCUT2D eigenvalue weighted by Gasteiger charge is -2.37. The average Bonchev–Trinajstić information content (AvgIpc) is 2.66. The second-order valence-corrected chi connectivity index (χ2v) is 5.95. The Morgan fingerprint density at radius 3 is 2.44 bits per heavy atom. The topological polar surface area (TPSA) is 30.9 Å². The fraction of sp³-hybridized carbons (Fsp3) is 0.316. The van der Waals surface area contributed by atoms with Gasteiger partial charge >= 0.3 is 0 Å². The molecule has 6 heteroatoms. The molecule has 1 aliphatic rings. The number of rotatable bonds is 3. The van der Waals surface area contributed by atoms with Crippen LogP contribution in [0.4, 0.5) is 14.5 Å². The number of benzene rings is 2. The molecule has 2 aromatic carbocycles. The van der Waals surface area contributed by atoms with Crippen LogP contribution in [-0.4, -0.2) is 44.1 Å². The predicted molar refractivity (Wildman–Crippen MR) is 96.8 cm³/mol. The number of piperazine rings is 1. The van der Waals surface area contributed by atoms with E-state index in [9.17, 15) is 8.78 Å². The van der Waals surface area contributed by atoms with Crippen molar-refractivity contribution in [3.05, 3.63) is 65.7 Å². The number of anilines is 1. The summed E-state index contributed by atoms with van der Waals surface area (Å²) in [6, 6.07) is 13.8. The van der Waals surface area contributed by atoms with Crippen LogP contribution in [0.2, 0.25) is 0 Å². The molecular formula is C19H22F2N4. The molecule has 2 aromatic rings. The number of nitrogens with one attached hydrogen (secondary N) is 1. The molecule has 1 saturated heterocycles. The standard InChI is InChI=1S/C19H22F2N4/c1-22-19(23-14-15-13-16(20)7-8-18(15)21)25-11-9-24(10-12-25)17-5-3-2-4-6-17/h2-8,13H,9-12,14H2,1H3,(H,22,23). The number of guanidine groups is 1. The molecule has 0 aliphatic carbocycles. The Labute approximate surface area is 146 Å². The van der Waals surface area contributed by atoms with Gasteiger partial charge in [-0.05, 0) is 30.3 Å². The predicted octanol–water partition coefficient (Wildman–Crippen LogP) is 2.86. The molecule has 1 heterocycles. The van der Waals surface area contributed by atoms with Gasteiger partial charge in [0.05, 0.1) is 0 Å². The van der Waals surface area contributed by atoms with Crippen LogP contribution >= 0.6 is 0 Å². The van der Waals surface area contributed by atoms with E-state index in [4.69, 9.17) is 0 Å². The van der Waals surface area contributed by atoms with Crippen molar-refractivity contribution in [1.82, 2.24) is 10.2 Å². The van der Waals surface area contributed by atoms with E-state index < -0.39 is 11.6 Å². The van der Waals surface area contributed by atoms with Gasteiger partial charge in [0, 0.05) is 51.0 Å². The lowest BCUT2D eigenvalue weighted by Crippen LogP contribution is -2.52. The van der Waals surface area contributed by atoms with Crippen molar-refractivity contribution in [2.45, 2.75) is 6.54 Å². The maximum absolute atomic E-state index is 13.7. The second kappa shape index (κ2) is 7.96. The van der Waals surface area contributed by atoms with Crippen molar-refractivity contribution in [2.75, 3.05) is 38.1 Å². The van der Waals surface area contributed by atoms with Gasteiger partial charge in [0.1, 0.15) is 11.6 Å². The van der Waals surface area contributed by atoms with Crippen LogP contribution in [0.3, 0.4) is 0 Å². The van der Waals surface area contributed by atoms with Crippen molar-refractivity contribution in [3.8, 4) is 0 Å². The maximum Gasteiger partial charge on any atom is 0.194 e. The van der Waals surface area contributed by atoms with Crippen LogP contribution in [0.5, 0.6) is 0 Å². The van der Waals surface area contributed by atoms with E-state index in [0.717, 1.165) is 38.3 Å². The molecule has 1 fully saturated rings.